The third-order valence-corrected chi connectivity index (χ3v) is 4.37. The third kappa shape index (κ3) is 4.46. The second-order valence-electron chi connectivity index (χ2n) is 5.84. The highest BCUT2D eigenvalue weighted by molar-refractivity contribution is 5.94. The molecule has 1 heterocycles. The number of quaternary nitrogens is 1. The third-order valence-electron chi connectivity index (χ3n) is 4.37. The number of amides is 1. The highest BCUT2D eigenvalue weighted by atomic mass is 16.5. The van der Waals surface area contributed by atoms with Crippen LogP contribution in [0.2, 0.25) is 0 Å². The molecule has 0 spiro atoms. The molecule has 0 radical (unpaired) electrons. The van der Waals surface area contributed by atoms with Gasteiger partial charge < -0.3 is 15.0 Å². The number of likely N-dealkylation sites (tertiary alicyclic amines) is 1. The van der Waals surface area contributed by atoms with E-state index in [4.69, 9.17) is 4.74 Å². The van der Waals surface area contributed by atoms with Crippen molar-refractivity contribution in [1.82, 2.24) is 0 Å². The number of methoxy groups -OCH3 is 1. The molecule has 1 saturated heterocycles. The van der Waals surface area contributed by atoms with E-state index in [1.165, 1.54) is 37.0 Å². The summed E-state index contributed by atoms with van der Waals surface area (Å²) in [5.74, 6) is 0.788. The lowest BCUT2D eigenvalue weighted by molar-refractivity contribution is -0.914. The molecule has 0 aromatic heterocycles. The number of carbonyl (C=O) groups excluding carboxylic acids is 1. The molecule has 1 atom stereocenters. The molecular formula is C17H27N2O2+. The van der Waals surface area contributed by atoms with Gasteiger partial charge in [-0.05, 0) is 44.7 Å². The standard InChI is InChI=1S/C17H26N2O2/c1-14(19-12-8-4-3-5-9-13-19)17(20)18-15-10-6-7-11-16(15)21-2/h6-7,10-11,14H,3-5,8-9,12-13H2,1-2H3,(H,18,20)/p+1/t14-/m0/s1. The second-order valence-corrected chi connectivity index (χ2v) is 5.84. The van der Waals surface area contributed by atoms with Gasteiger partial charge in [0.05, 0.1) is 25.9 Å². The average molecular weight is 291 g/mol. The molecule has 0 saturated carbocycles. The first-order valence-electron chi connectivity index (χ1n) is 8.01. The molecule has 4 nitrogen and oxygen atoms in total. The highest BCUT2D eigenvalue weighted by Gasteiger charge is 2.25. The van der Waals surface area contributed by atoms with E-state index in [-0.39, 0.29) is 11.9 Å². The topological polar surface area (TPSA) is 42.8 Å². The molecule has 4 heteroatoms. The zero-order valence-corrected chi connectivity index (χ0v) is 13.2. The van der Waals surface area contributed by atoms with E-state index in [9.17, 15) is 4.79 Å². The Morgan fingerprint density at radius 3 is 2.43 bits per heavy atom. The molecule has 1 aliphatic heterocycles. The van der Waals surface area contributed by atoms with Crippen LogP contribution in [0.4, 0.5) is 5.69 Å². The fraction of sp³-hybridized carbons (Fsp3) is 0.588. The summed E-state index contributed by atoms with van der Waals surface area (Å²) in [6, 6.07) is 7.54. The number of hydrogen-bond acceptors (Lipinski definition) is 2. The zero-order chi connectivity index (χ0) is 15.1. The van der Waals surface area contributed by atoms with Crippen molar-refractivity contribution in [3.63, 3.8) is 0 Å². The number of ether oxygens (including phenoxy) is 1. The van der Waals surface area contributed by atoms with Crippen molar-refractivity contribution in [2.45, 2.75) is 45.1 Å². The lowest BCUT2D eigenvalue weighted by Crippen LogP contribution is -3.16. The van der Waals surface area contributed by atoms with Crippen molar-refractivity contribution >= 4 is 11.6 Å². The van der Waals surface area contributed by atoms with Crippen LogP contribution >= 0.6 is 0 Å². The van der Waals surface area contributed by atoms with Gasteiger partial charge >= 0.3 is 0 Å². The minimum absolute atomic E-state index is 0.0204. The summed E-state index contributed by atoms with van der Waals surface area (Å²) < 4.78 is 5.29. The fourth-order valence-electron chi connectivity index (χ4n) is 2.97. The van der Waals surface area contributed by atoms with Crippen molar-refractivity contribution in [1.29, 1.82) is 0 Å². The number of hydrogen-bond donors (Lipinski definition) is 2. The van der Waals surface area contributed by atoms with Crippen molar-refractivity contribution in [3.05, 3.63) is 24.3 Å². The molecule has 116 valence electrons. The predicted molar refractivity (Wildman–Crippen MR) is 84.9 cm³/mol. The minimum atomic E-state index is -0.0204. The summed E-state index contributed by atoms with van der Waals surface area (Å²) in [7, 11) is 1.62. The van der Waals surface area contributed by atoms with E-state index >= 15 is 0 Å². The number of benzene rings is 1. The summed E-state index contributed by atoms with van der Waals surface area (Å²) in [5, 5.41) is 3.01. The first-order chi connectivity index (χ1) is 10.2. The molecule has 0 aliphatic carbocycles. The molecule has 21 heavy (non-hydrogen) atoms. The SMILES string of the molecule is COc1ccccc1NC(=O)[C@H](C)[NH+]1CCCCCCC1. The Morgan fingerprint density at radius 1 is 1.14 bits per heavy atom. The van der Waals surface area contributed by atoms with Gasteiger partial charge in [-0.15, -0.1) is 0 Å². The number of para-hydroxylation sites is 2. The molecule has 2 N–H and O–H groups in total. The van der Waals surface area contributed by atoms with E-state index < -0.39 is 0 Å². The second kappa shape index (κ2) is 8.03. The Labute approximate surface area is 127 Å². The van der Waals surface area contributed by atoms with Crippen molar-refractivity contribution in [2.75, 3.05) is 25.5 Å². The number of carbonyl (C=O) groups is 1. The lowest BCUT2D eigenvalue weighted by Gasteiger charge is -2.27. The number of rotatable bonds is 4. The predicted octanol–water partition coefficient (Wildman–Crippen LogP) is 1.87. The van der Waals surface area contributed by atoms with E-state index in [0.29, 0.717) is 5.75 Å². The van der Waals surface area contributed by atoms with Crippen LogP contribution in [-0.2, 0) is 4.79 Å². The van der Waals surface area contributed by atoms with Gasteiger partial charge in [0.25, 0.3) is 5.91 Å². The monoisotopic (exact) mass is 291 g/mol. The lowest BCUT2D eigenvalue weighted by atomic mass is 10.1. The summed E-state index contributed by atoms with van der Waals surface area (Å²) in [4.78, 5) is 13.9. The maximum atomic E-state index is 12.5. The van der Waals surface area contributed by atoms with E-state index in [0.717, 1.165) is 18.8 Å². The molecule has 0 bridgehead atoms. The van der Waals surface area contributed by atoms with Crippen molar-refractivity contribution in [3.8, 4) is 5.75 Å². The number of anilines is 1. The maximum absolute atomic E-state index is 12.5. The van der Waals surface area contributed by atoms with E-state index in [2.05, 4.69) is 5.32 Å². The van der Waals surface area contributed by atoms with Gasteiger partial charge in [-0.3, -0.25) is 4.79 Å². The van der Waals surface area contributed by atoms with Crippen LogP contribution in [0.25, 0.3) is 0 Å². The Balaban J connectivity index is 1.97. The summed E-state index contributed by atoms with van der Waals surface area (Å²) in [6.07, 6.45) is 6.38. The van der Waals surface area contributed by atoms with Gasteiger partial charge in [0.1, 0.15) is 5.75 Å². The van der Waals surface area contributed by atoms with Crippen molar-refractivity contribution < 1.29 is 14.4 Å². The molecule has 1 aliphatic rings. The van der Waals surface area contributed by atoms with Gasteiger partial charge in [-0.1, -0.05) is 18.6 Å². The summed E-state index contributed by atoms with van der Waals surface area (Å²) in [6.45, 7) is 4.22. The number of nitrogens with one attached hydrogen (secondary N) is 2. The Bertz CT molecular complexity index is 454. The largest absolute Gasteiger partial charge is 0.495 e. The molecule has 1 aromatic rings. The average Bonchev–Trinajstić information content (AvgIpc) is 2.47. The highest BCUT2D eigenvalue weighted by Crippen LogP contribution is 2.22. The first-order valence-corrected chi connectivity index (χ1v) is 8.01. The smallest absolute Gasteiger partial charge is 0.282 e. The fourth-order valence-corrected chi connectivity index (χ4v) is 2.97. The first kappa shape index (κ1) is 15.8. The van der Waals surface area contributed by atoms with E-state index in [1.54, 1.807) is 7.11 Å². The van der Waals surface area contributed by atoms with Crippen LogP contribution in [0.15, 0.2) is 24.3 Å². The van der Waals surface area contributed by atoms with Gasteiger partial charge in [0.2, 0.25) is 0 Å². The molecular weight excluding hydrogens is 264 g/mol. The van der Waals surface area contributed by atoms with Crippen LogP contribution < -0.4 is 15.0 Å². The van der Waals surface area contributed by atoms with Crippen LogP contribution in [0.5, 0.6) is 5.75 Å². The summed E-state index contributed by atoms with van der Waals surface area (Å²) in [5.41, 5.74) is 0.753. The molecule has 1 aromatic carbocycles. The van der Waals surface area contributed by atoms with Crippen LogP contribution in [0.1, 0.15) is 39.0 Å². The molecule has 0 unspecified atom stereocenters. The quantitative estimate of drug-likeness (QED) is 0.889. The molecule has 1 amide bonds. The maximum Gasteiger partial charge on any atom is 0.282 e. The van der Waals surface area contributed by atoms with Gasteiger partial charge in [0, 0.05) is 0 Å². The van der Waals surface area contributed by atoms with Gasteiger partial charge in [0.15, 0.2) is 6.04 Å². The van der Waals surface area contributed by atoms with Crippen molar-refractivity contribution in [2.24, 2.45) is 0 Å². The van der Waals surface area contributed by atoms with Crippen LogP contribution in [0, 0.1) is 0 Å². The van der Waals surface area contributed by atoms with Crippen LogP contribution in [-0.4, -0.2) is 32.1 Å². The minimum Gasteiger partial charge on any atom is -0.495 e. The van der Waals surface area contributed by atoms with Gasteiger partial charge in [-0.25, -0.2) is 0 Å². The normalized spacial score (nSPS) is 18.4. The zero-order valence-electron chi connectivity index (χ0n) is 13.2. The van der Waals surface area contributed by atoms with Gasteiger partial charge in [-0.2, -0.15) is 0 Å². The van der Waals surface area contributed by atoms with E-state index in [1.807, 2.05) is 31.2 Å². The van der Waals surface area contributed by atoms with Crippen LogP contribution in [0.3, 0.4) is 0 Å². The Kier molecular flexibility index (Phi) is 6.05. The molecule has 1 fully saturated rings. The molecule has 2 rings (SSSR count). The summed E-state index contributed by atoms with van der Waals surface area (Å²) >= 11 is 0. The Hall–Kier alpha value is -1.55. The Morgan fingerprint density at radius 2 is 1.76 bits per heavy atom.